The quantitative estimate of drug-likeness (QED) is 0.840. The number of aryl methyl sites for hydroxylation is 1. The fourth-order valence-electron chi connectivity index (χ4n) is 2.58. The molecule has 0 saturated carbocycles. The number of aromatic nitrogens is 2. The summed E-state index contributed by atoms with van der Waals surface area (Å²) in [6.45, 7) is 6.54. The highest BCUT2D eigenvalue weighted by Crippen LogP contribution is 2.21. The van der Waals surface area contributed by atoms with E-state index in [0.29, 0.717) is 18.8 Å². The van der Waals surface area contributed by atoms with Crippen LogP contribution >= 0.6 is 0 Å². The number of nitrogens with one attached hydrogen (secondary N) is 2. The van der Waals surface area contributed by atoms with E-state index in [-0.39, 0.29) is 17.5 Å². The molecular weight excluding hydrogens is 292 g/mol. The third-order valence-electron chi connectivity index (χ3n) is 3.86. The predicted molar refractivity (Wildman–Crippen MR) is 89.2 cm³/mol. The number of likely N-dealkylation sites (tertiary alicyclic amines) is 1. The minimum atomic E-state index is -0.173. The Morgan fingerprint density at radius 1 is 1.43 bits per heavy atom. The lowest BCUT2D eigenvalue weighted by atomic mass is 10.1. The summed E-state index contributed by atoms with van der Waals surface area (Å²) in [6.07, 6.45) is 4.74. The van der Waals surface area contributed by atoms with Crippen LogP contribution in [0, 0.1) is 6.92 Å². The molecule has 0 aliphatic carbocycles. The standard InChI is InChI=1S/C17H18N4O2/c1-3-16(22)21-9-14(10-21)20-15-7-13(8-19-17(15)23)12-4-5-18-11(2)6-12/h3-8,14,20H,1,9-10H2,2H3,(H,19,23). The molecule has 23 heavy (non-hydrogen) atoms. The topological polar surface area (TPSA) is 78.1 Å². The molecular formula is C17H18N4O2. The van der Waals surface area contributed by atoms with Gasteiger partial charge < -0.3 is 15.2 Å². The highest BCUT2D eigenvalue weighted by Gasteiger charge is 2.29. The van der Waals surface area contributed by atoms with Gasteiger partial charge in [-0.05, 0) is 36.8 Å². The molecule has 118 valence electrons. The number of carbonyl (C=O) groups is 1. The van der Waals surface area contributed by atoms with Crippen LogP contribution in [0.25, 0.3) is 11.1 Å². The molecule has 3 rings (SSSR count). The van der Waals surface area contributed by atoms with Crippen LogP contribution in [0.5, 0.6) is 0 Å². The van der Waals surface area contributed by atoms with E-state index in [1.165, 1.54) is 6.08 Å². The van der Waals surface area contributed by atoms with Crippen molar-refractivity contribution in [3.63, 3.8) is 0 Å². The monoisotopic (exact) mass is 310 g/mol. The van der Waals surface area contributed by atoms with Gasteiger partial charge in [0.2, 0.25) is 5.91 Å². The van der Waals surface area contributed by atoms with E-state index < -0.39 is 0 Å². The molecule has 6 nitrogen and oxygen atoms in total. The van der Waals surface area contributed by atoms with Crippen molar-refractivity contribution in [1.82, 2.24) is 14.9 Å². The number of pyridine rings is 2. The summed E-state index contributed by atoms with van der Waals surface area (Å²) in [5.41, 5.74) is 3.16. The van der Waals surface area contributed by atoms with Crippen molar-refractivity contribution >= 4 is 11.6 Å². The van der Waals surface area contributed by atoms with Crippen molar-refractivity contribution in [2.75, 3.05) is 18.4 Å². The van der Waals surface area contributed by atoms with Crippen LogP contribution in [0.1, 0.15) is 5.69 Å². The molecule has 0 spiro atoms. The zero-order valence-electron chi connectivity index (χ0n) is 12.9. The number of carbonyl (C=O) groups excluding carboxylic acids is 1. The van der Waals surface area contributed by atoms with Gasteiger partial charge in [-0.15, -0.1) is 0 Å². The van der Waals surface area contributed by atoms with Crippen LogP contribution in [-0.4, -0.2) is 39.9 Å². The van der Waals surface area contributed by atoms with Crippen molar-refractivity contribution in [2.45, 2.75) is 13.0 Å². The Kier molecular flexibility index (Phi) is 3.97. The second-order valence-corrected chi connectivity index (χ2v) is 5.61. The first kappa shape index (κ1) is 15.0. The van der Waals surface area contributed by atoms with Gasteiger partial charge in [0.05, 0.1) is 6.04 Å². The molecule has 0 radical (unpaired) electrons. The molecule has 1 amide bonds. The highest BCUT2D eigenvalue weighted by molar-refractivity contribution is 5.87. The molecule has 6 heteroatoms. The van der Waals surface area contributed by atoms with Crippen LogP contribution in [0.15, 0.2) is 48.0 Å². The van der Waals surface area contributed by atoms with Gasteiger partial charge in [0.25, 0.3) is 5.56 Å². The summed E-state index contributed by atoms with van der Waals surface area (Å²) in [6, 6.07) is 5.77. The molecule has 0 bridgehead atoms. The Labute approximate surface area is 133 Å². The normalized spacial score (nSPS) is 14.2. The van der Waals surface area contributed by atoms with E-state index in [1.54, 1.807) is 17.3 Å². The Morgan fingerprint density at radius 3 is 2.91 bits per heavy atom. The predicted octanol–water partition coefficient (Wildman–Crippen LogP) is 1.55. The molecule has 2 N–H and O–H groups in total. The van der Waals surface area contributed by atoms with Crippen molar-refractivity contribution in [2.24, 2.45) is 0 Å². The molecule has 2 aromatic heterocycles. The summed E-state index contributed by atoms with van der Waals surface area (Å²) in [5, 5.41) is 3.19. The number of hydrogen-bond acceptors (Lipinski definition) is 4. The number of nitrogens with zero attached hydrogens (tertiary/aromatic N) is 2. The molecule has 3 heterocycles. The number of amides is 1. The van der Waals surface area contributed by atoms with Crippen LogP contribution < -0.4 is 10.9 Å². The average Bonchev–Trinajstić information content (AvgIpc) is 2.51. The molecule has 1 aliphatic rings. The van der Waals surface area contributed by atoms with Crippen molar-refractivity contribution in [3.8, 4) is 11.1 Å². The zero-order chi connectivity index (χ0) is 16.4. The van der Waals surface area contributed by atoms with Crippen molar-refractivity contribution < 1.29 is 4.79 Å². The van der Waals surface area contributed by atoms with Gasteiger partial charge in [-0.3, -0.25) is 14.6 Å². The van der Waals surface area contributed by atoms with Gasteiger partial charge in [-0.2, -0.15) is 0 Å². The highest BCUT2D eigenvalue weighted by atomic mass is 16.2. The first-order valence-electron chi connectivity index (χ1n) is 7.40. The fraction of sp³-hybridized carbons (Fsp3) is 0.235. The molecule has 2 aromatic rings. The maximum absolute atomic E-state index is 12.0. The number of hydrogen-bond donors (Lipinski definition) is 2. The smallest absolute Gasteiger partial charge is 0.271 e. The molecule has 1 saturated heterocycles. The summed E-state index contributed by atoms with van der Waals surface area (Å²) >= 11 is 0. The second kappa shape index (κ2) is 6.08. The van der Waals surface area contributed by atoms with Crippen molar-refractivity contribution in [3.05, 3.63) is 59.3 Å². The van der Waals surface area contributed by atoms with Crippen LogP contribution in [0.2, 0.25) is 0 Å². The third kappa shape index (κ3) is 3.15. The van der Waals surface area contributed by atoms with Gasteiger partial charge in [0.1, 0.15) is 5.69 Å². The van der Waals surface area contributed by atoms with Gasteiger partial charge in [-0.1, -0.05) is 6.58 Å². The van der Waals surface area contributed by atoms with E-state index >= 15 is 0 Å². The van der Waals surface area contributed by atoms with Gasteiger partial charge in [0, 0.05) is 36.7 Å². The Bertz CT molecular complexity index is 806. The average molecular weight is 310 g/mol. The number of aromatic amines is 1. The largest absolute Gasteiger partial charge is 0.374 e. The van der Waals surface area contributed by atoms with Gasteiger partial charge in [0.15, 0.2) is 0 Å². The van der Waals surface area contributed by atoms with E-state index in [9.17, 15) is 9.59 Å². The second-order valence-electron chi connectivity index (χ2n) is 5.61. The lowest BCUT2D eigenvalue weighted by Gasteiger charge is -2.39. The van der Waals surface area contributed by atoms with Gasteiger partial charge in [-0.25, -0.2) is 0 Å². The lowest BCUT2D eigenvalue weighted by molar-refractivity contribution is -0.129. The molecule has 1 aliphatic heterocycles. The van der Waals surface area contributed by atoms with Crippen molar-refractivity contribution in [1.29, 1.82) is 0 Å². The number of H-pyrrole nitrogens is 1. The summed E-state index contributed by atoms with van der Waals surface area (Å²) < 4.78 is 0. The molecule has 1 fully saturated rings. The van der Waals surface area contributed by atoms with E-state index in [0.717, 1.165) is 16.8 Å². The number of rotatable bonds is 4. The Hall–Kier alpha value is -2.89. The molecule has 0 aromatic carbocycles. The molecule has 0 atom stereocenters. The first-order chi connectivity index (χ1) is 11.1. The zero-order valence-corrected chi connectivity index (χ0v) is 12.9. The van der Waals surface area contributed by atoms with Crippen LogP contribution in [0.3, 0.4) is 0 Å². The first-order valence-corrected chi connectivity index (χ1v) is 7.40. The molecule has 0 unspecified atom stereocenters. The Balaban J connectivity index is 1.76. The van der Waals surface area contributed by atoms with Crippen LogP contribution in [-0.2, 0) is 4.79 Å². The minimum Gasteiger partial charge on any atom is -0.374 e. The Morgan fingerprint density at radius 2 is 2.22 bits per heavy atom. The summed E-state index contributed by atoms with van der Waals surface area (Å²) in [4.78, 5) is 32.0. The van der Waals surface area contributed by atoms with Crippen LogP contribution in [0.4, 0.5) is 5.69 Å². The fourth-order valence-corrected chi connectivity index (χ4v) is 2.58. The van der Waals surface area contributed by atoms with E-state index in [4.69, 9.17) is 0 Å². The van der Waals surface area contributed by atoms with E-state index in [2.05, 4.69) is 21.9 Å². The minimum absolute atomic E-state index is 0.0782. The third-order valence-corrected chi connectivity index (χ3v) is 3.86. The number of anilines is 1. The maximum Gasteiger partial charge on any atom is 0.271 e. The summed E-state index contributed by atoms with van der Waals surface area (Å²) in [7, 11) is 0. The van der Waals surface area contributed by atoms with Gasteiger partial charge >= 0.3 is 0 Å². The maximum atomic E-state index is 12.0. The lowest BCUT2D eigenvalue weighted by Crippen LogP contribution is -2.56. The summed E-state index contributed by atoms with van der Waals surface area (Å²) in [5.74, 6) is -0.0852. The van der Waals surface area contributed by atoms with E-state index in [1.807, 2.05) is 25.1 Å². The SMILES string of the molecule is C=CC(=O)N1CC(Nc2cc(-c3ccnc(C)c3)c[nH]c2=O)C1.